The van der Waals surface area contributed by atoms with Gasteiger partial charge in [-0.3, -0.25) is 40.9 Å². The summed E-state index contributed by atoms with van der Waals surface area (Å²) in [5, 5.41) is 20.7. The second-order valence-electron chi connectivity index (χ2n) is 12.9. The fourth-order valence-electron chi connectivity index (χ4n) is 5.69. The average Bonchev–Trinajstić information content (AvgIpc) is 3.07. The predicted octanol–water partition coefficient (Wildman–Crippen LogP) is 7.18. The Morgan fingerprint density at radius 1 is 0.562 bits per heavy atom. The monoisotopic (exact) mass is 666 g/mol. The molecule has 0 aliphatic rings. The van der Waals surface area contributed by atoms with Crippen LogP contribution in [0.25, 0.3) is 0 Å². The average molecular weight is 667 g/mol. The molecule has 2 rings (SSSR count). The van der Waals surface area contributed by atoms with Crippen LogP contribution in [0.5, 0.6) is 11.5 Å². The highest BCUT2D eigenvalue weighted by atomic mass is 16.3. The van der Waals surface area contributed by atoms with Crippen LogP contribution in [0.2, 0.25) is 0 Å². The van der Waals surface area contributed by atoms with Gasteiger partial charge < -0.3 is 10.2 Å². The van der Waals surface area contributed by atoms with E-state index in [9.17, 15) is 29.4 Å². The number of nitrogens with one attached hydrogen (secondary N) is 4. The van der Waals surface area contributed by atoms with Crippen LogP contribution >= 0.6 is 0 Å². The minimum atomic E-state index is -0.587. The van der Waals surface area contributed by atoms with E-state index in [1.165, 1.54) is 12.8 Å². The van der Waals surface area contributed by atoms with Crippen LogP contribution < -0.4 is 21.7 Å². The molecule has 0 aliphatic carbocycles. The fraction of sp³-hybridized carbons (Fsp3) is 0.579. The number of phenolic OH excluding ortho intramolecular Hbond substituents is 2. The summed E-state index contributed by atoms with van der Waals surface area (Å²) in [6.45, 7) is 8.07. The summed E-state index contributed by atoms with van der Waals surface area (Å²) < 4.78 is 0. The standard InChI is InChI=1S/C38H58N4O6/c1-5-8-10-12-18-28-21-23-31(33(43)25-28)37(47)41-39-35(45)27(4)17-14-15-20-30(16-7-3)36(46)40-42-38(48)32-24-22-29(26-34(32)44)19-13-11-9-6-2/h21-27,30,43-44H,5-20H2,1-4H3,(H,39,45)(H,40,46)(H,41,47)(H,42,48). The molecule has 266 valence electrons. The molecule has 0 heterocycles. The van der Waals surface area contributed by atoms with Gasteiger partial charge in [0.25, 0.3) is 11.8 Å². The topological polar surface area (TPSA) is 157 Å². The number of unbranched alkanes of at least 4 members (excludes halogenated alkanes) is 7. The smallest absolute Gasteiger partial charge is 0.273 e. The van der Waals surface area contributed by atoms with E-state index in [1.807, 2.05) is 19.1 Å². The molecule has 0 radical (unpaired) electrons. The molecule has 0 spiro atoms. The Labute approximate surface area is 286 Å². The van der Waals surface area contributed by atoms with Crippen molar-refractivity contribution >= 4 is 23.6 Å². The van der Waals surface area contributed by atoms with E-state index in [0.29, 0.717) is 32.1 Å². The van der Waals surface area contributed by atoms with E-state index in [4.69, 9.17) is 0 Å². The summed E-state index contributed by atoms with van der Waals surface area (Å²) >= 11 is 0. The van der Waals surface area contributed by atoms with E-state index >= 15 is 0 Å². The van der Waals surface area contributed by atoms with Crippen molar-refractivity contribution in [2.24, 2.45) is 11.8 Å². The first kappa shape index (κ1) is 40.1. The maximum absolute atomic E-state index is 12.9. The van der Waals surface area contributed by atoms with Crippen molar-refractivity contribution in [3.63, 3.8) is 0 Å². The molecule has 2 aromatic carbocycles. The minimum absolute atomic E-state index is 0.0968. The van der Waals surface area contributed by atoms with Crippen molar-refractivity contribution in [1.82, 2.24) is 21.7 Å². The van der Waals surface area contributed by atoms with Crippen molar-refractivity contribution in [2.75, 3.05) is 0 Å². The maximum Gasteiger partial charge on any atom is 0.273 e. The van der Waals surface area contributed by atoms with E-state index in [-0.39, 0.29) is 46.3 Å². The summed E-state index contributed by atoms with van der Waals surface area (Å²) in [4.78, 5) is 50.7. The normalized spacial score (nSPS) is 12.2. The van der Waals surface area contributed by atoms with Crippen molar-refractivity contribution in [3.8, 4) is 11.5 Å². The number of rotatable bonds is 21. The third-order valence-corrected chi connectivity index (χ3v) is 8.75. The summed E-state index contributed by atoms with van der Waals surface area (Å²) in [7, 11) is 0. The fourth-order valence-corrected chi connectivity index (χ4v) is 5.69. The van der Waals surface area contributed by atoms with Gasteiger partial charge >= 0.3 is 0 Å². The van der Waals surface area contributed by atoms with E-state index in [1.54, 1.807) is 31.2 Å². The summed E-state index contributed by atoms with van der Waals surface area (Å²) in [5.41, 5.74) is 11.9. The van der Waals surface area contributed by atoms with Crippen LogP contribution in [0.1, 0.15) is 149 Å². The molecular formula is C38H58N4O6. The van der Waals surface area contributed by atoms with Crippen molar-refractivity contribution in [3.05, 3.63) is 58.7 Å². The Balaban J connectivity index is 1.73. The summed E-state index contributed by atoms with van der Waals surface area (Å²) in [5.74, 6) is -2.72. The number of amides is 4. The zero-order chi connectivity index (χ0) is 35.3. The zero-order valence-corrected chi connectivity index (χ0v) is 29.5. The van der Waals surface area contributed by atoms with Crippen LogP contribution in [0.3, 0.4) is 0 Å². The number of aromatic hydroxyl groups is 2. The number of carbonyl (C=O) groups is 4. The molecule has 2 aromatic rings. The number of aryl methyl sites for hydroxylation is 2. The Morgan fingerprint density at radius 2 is 1.04 bits per heavy atom. The number of hydrogen-bond donors (Lipinski definition) is 6. The number of carbonyl (C=O) groups excluding carboxylic acids is 4. The minimum Gasteiger partial charge on any atom is -0.507 e. The molecule has 48 heavy (non-hydrogen) atoms. The van der Waals surface area contributed by atoms with E-state index < -0.39 is 11.8 Å². The van der Waals surface area contributed by atoms with Crippen LogP contribution in [-0.4, -0.2) is 33.8 Å². The van der Waals surface area contributed by atoms with Crippen LogP contribution in [0, 0.1) is 11.8 Å². The highest BCUT2D eigenvalue weighted by Gasteiger charge is 2.21. The number of hydrogen-bond acceptors (Lipinski definition) is 6. The van der Waals surface area contributed by atoms with Gasteiger partial charge in [-0.25, -0.2) is 0 Å². The molecule has 10 heteroatoms. The first-order valence-electron chi connectivity index (χ1n) is 17.9. The van der Waals surface area contributed by atoms with Gasteiger partial charge in [0, 0.05) is 11.8 Å². The third-order valence-electron chi connectivity index (χ3n) is 8.75. The van der Waals surface area contributed by atoms with E-state index in [2.05, 4.69) is 35.6 Å². The number of benzene rings is 2. The molecule has 0 aliphatic heterocycles. The Kier molecular flexibility index (Phi) is 18.8. The molecular weight excluding hydrogens is 608 g/mol. The molecule has 0 saturated heterocycles. The number of phenols is 2. The van der Waals surface area contributed by atoms with Gasteiger partial charge in [-0.05, 0) is 80.3 Å². The largest absolute Gasteiger partial charge is 0.507 e. The second kappa shape index (κ2) is 22.5. The van der Waals surface area contributed by atoms with Crippen molar-refractivity contribution in [1.29, 1.82) is 0 Å². The van der Waals surface area contributed by atoms with Crippen LogP contribution in [0.4, 0.5) is 0 Å². The Morgan fingerprint density at radius 3 is 1.50 bits per heavy atom. The van der Waals surface area contributed by atoms with Crippen molar-refractivity contribution in [2.45, 2.75) is 130 Å². The van der Waals surface area contributed by atoms with Gasteiger partial charge in [-0.15, -0.1) is 0 Å². The lowest BCUT2D eigenvalue weighted by Crippen LogP contribution is -2.44. The second-order valence-corrected chi connectivity index (χ2v) is 12.9. The highest BCUT2D eigenvalue weighted by molar-refractivity contribution is 5.98. The lowest BCUT2D eigenvalue weighted by atomic mass is 9.94. The molecule has 4 amide bonds. The Hall–Kier alpha value is -4.08. The number of hydrazine groups is 2. The molecule has 0 aromatic heterocycles. The van der Waals surface area contributed by atoms with Gasteiger partial charge in [-0.2, -0.15) is 0 Å². The molecule has 10 nitrogen and oxygen atoms in total. The van der Waals surface area contributed by atoms with Crippen molar-refractivity contribution < 1.29 is 29.4 Å². The first-order valence-corrected chi connectivity index (χ1v) is 17.9. The molecule has 2 atom stereocenters. The third kappa shape index (κ3) is 14.4. The van der Waals surface area contributed by atoms with Crippen LogP contribution in [0.15, 0.2) is 36.4 Å². The highest BCUT2D eigenvalue weighted by Crippen LogP contribution is 2.22. The molecule has 2 unspecified atom stereocenters. The maximum atomic E-state index is 12.9. The summed E-state index contributed by atoms with van der Waals surface area (Å²) in [6, 6.07) is 10.0. The van der Waals surface area contributed by atoms with Gasteiger partial charge in [0.1, 0.15) is 11.5 Å². The van der Waals surface area contributed by atoms with E-state index in [0.717, 1.165) is 68.9 Å². The van der Waals surface area contributed by atoms with Gasteiger partial charge in [0.05, 0.1) is 11.1 Å². The quantitative estimate of drug-likeness (QED) is 0.0612. The molecule has 0 bridgehead atoms. The first-order chi connectivity index (χ1) is 23.1. The SMILES string of the molecule is CCCCCCc1ccc(C(=O)NNC(=O)C(C)CCCCC(CCC)C(=O)NNC(=O)c2ccc(CCCCCC)cc2O)c(O)c1. The molecule has 0 saturated carbocycles. The lowest BCUT2D eigenvalue weighted by molar-refractivity contribution is -0.127. The van der Waals surface area contributed by atoms with Gasteiger partial charge in [0.15, 0.2) is 0 Å². The zero-order valence-electron chi connectivity index (χ0n) is 29.5. The lowest BCUT2D eigenvalue weighted by Gasteiger charge is -2.17. The van der Waals surface area contributed by atoms with Gasteiger partial charge in [-0.1, -0.05) is 97.6 Å². The predicted molar refractivity (Wildman–Crippen MR) is 189 cm³/mol. The molecule has 0 fully saturated rings. The Bertz CT molecular complexity index is 1310. The van der Waals surface area contributed by atoms with Crippen LogP contribution in [-0.2, 0) is 22.4 Å². The molecule has 6 N–H and O–H groups in total. The summed E-state index contributed by atoms with van der Waals surface area (Å²) in [6.07, 6.45) is 14.6. The van der Waals surface area contributed by atoms with Gasteiger partial charge in [0.2, 0.25) is 11.8 Å².